The van der Waals surface area contributed by atoms with Crippen LogP contribution >= 0.6 is 0 Å². The summed E-state index contributed by atoms with van der Waals surface area (Å²) in [6.07, 6.45) is 2.64. The molecule has 6 atom stereocenters. The Morgan fingerprint density at radius 2 is 1.50 bits per heavy atom. The van der Waals surface area contributed by atoms with Crippen LogP contribution < -0.4 is 4.90 Å². The van der Waals surface area contributed by atoms with Crippen molar-refractivity contribution in [2.75, 3.05) is 0 Å². The maximum atomic E-state index is 13.7. The van der Waals surface area contributed by atoms with E-state index in [0.717, 1.165) is 49.5 Å². The number of benzene rings is 1. The van der Waals surface area contributed by atoms with Gasteiger partial charge in [-0.3, -0.25) is 4.90 Å². The van der Waals surface area contributed by atoms with Crippen LogP contribution in [0.1, 0.15) is 69.4 Å². The third-order valence-electron chi connectivity index (χ3n) is 8.37. The Kier molecular flexibility index (Phi) is 5.35. The van der Waals surface area contributed by atoms with Gasteiger partial charge >= 0.3 is 6.18 Å². The summed E-state index contributed by atoms with van der Waals surface area (Å²) < 4.78 is 41.2. The van der Waals surface area contributed by atoms with E-state index in [1.54, 1.807) is 6.07 Å². The quantitative estimate of drug-likeness (QED) is 0.763. The molecule has 3 nitrogen and oxygen atoms in total. The molecule has 3 fully saturated rings. The molecule has 0 amide bonds. The Balaban J connectivity index is 1.88. The number of halogens is 3. The highest BCUT2D eigenvalue weighted by Gasteiger charge is 2.68. The van der Waals surface area contributed by atoms with Crippen LogP contribution in [0.3, 0.4) is 0 Å². The molecule has 160 valence electrons. The zero-order valence-corrected chi connectivity index (χ0v) is 17.4. The van der Waals surface area contributed by atoms with Crippen molar-refractivity contribution in [1.29, 1.82) is 10.5 Å². The van der Waals surface area contributed by atoms with Gasteiger partial charge in [0.05, 0.1) is 5.56 Å². The number of fused-ring (bicyclic) bond motifs is 2. The largest absolute Gasteiger partial charge is 0.416 e. The van der Waals surface area contributed by atoms with E-state index in [1.165, 1.54) is 12.1 Å². The maximum absolute atomic E-state index is 13.7. The molecule has 30 heavy (non-hydrogen) atoms. The van der Waals surface area contributed by atoms with Gasteiger partial charge < -0.3 is 0 Å². The van der Waals surface area contributed by atoms with Crippen LogP contribution in [0, 0.1) is 40.4 Å². The number of hydrogen-bond acceptors (Lipinski definition) is 2. The Morgan fingerprint density at radius 1 is 0.967 bits per heavy atom. The minimum atomic E-state index is -4.45. The van der Waals surface area contributed by atoms with E-state index in [4.69, 9.17) is 0 Å². The van der Waals surface area contributed by atoms with E-state index >= 15 is 0 Å². The zero-order chi connectivity index (χ0) is 21.6. The van der Waals surface area contributed by atoms with Gasteiger partial charge in [-0.15, -0.1) is 0 Å². The van der Waals surface area contributed by atoms with Crippen molar-refractivity contribution in [2.24, 2.45) is 17.8 Å². The molecule has 2 saturated carbocycles. The third-order valence-corrected chi connectivity index (χ3v) is 8.37. The average Bonchev–Trinajstić information content (AvgIpc) is 2.76. The van der Waals surface area contributed by atoms with Crippen LogP contribution in [0.5, 0.6) is 0 Å². The predicted octanol–water partition coefficient (Wildman–Crippen LogP) is 4.65. The van der Waals surface area contributed by atoms with Gasteiger partial charge in [0.25, 0.3) is 0 Å². The lowest BCUT2D eigenvalue weighted by Gasteiger charge is -2.61. The Hall–Kier alpha value is -2.05. The lowest BCUT2D eigenvalue weighted by atomic mass is 9.52. The fraction of sp³-hybridized carbons (Fsp3) is 0.667. The minimum Gasteiger partial charge on any atom is -0.297 e. The van der Waals surface area contributed by atoms with Gasteiger partial charge in [0, 0.05) is 30.2 Å². The van der Waals surface area contributed by atoms with E-state index in [9.17, 15) is 23.7 Å². The molecule has 1 aromatic rings. The lowest BCUT2D eigenvalue weighted by molar-refractivity contribution is -1.01. The molecule has 4 rings (SSSR count). The molecular formula is C24H29F3N3+. The highest BCUT2D eigenvalue weighted by atomic mass is 19.4. The number of alkyl halides is 3. The van der Waals surface area contributed by atoms with Gasteiger partial charge in [-0.05, 0) is 37.7 Å². The van der Waals surface area contributed by atoms with Crippen molar-refractivity contribution in [3.8, 4) is 12.1 Å². The molecule has 2 unspecified atom stereocenters. The van der Waals surface area contributed by atoms with Crippen molar-refractivity contribution in [3.05, 3.63) is 35.4 Å². The van der Waals surface area contributed by atoms with Gasteiger partial charge in [-0.1, -0.05) is 38.0 Å². The maximum Gasteiger partial charge on any atom is 0.416 e. The molecular weight excluding hydrogens is 387 g/mol. The number of nitrogens with zero attached hydrogens (tertiary/aromatic N) is 2. The van der Waals surface area contributed by atoms with E-state index in [2.05, 4.69) is 19.1 Å². The van der Waals surface area contributed by atoms with Gasteiger partial charge in [0.2, 0.25) is 0 Å². The summed E-state index contributed by atoms with van der Waals surface area (Å²) in [5, 5.41) is 20.9. The summed E-state index contributed by atoms with van der Waals surface area (Å²) in [7, 11) is 0. The molecule has 1 heterocycles. The number of piperidine rings is 1. The van der Waals surface area contributed by atoms with Gasteiger partial charge in [0.1, 0.15) is 18.7 Å². The first-order chi connectivity index (χ1) is 14.3. The van der Waals surface area contributed by atoms with Crippen molar-refractivity contribution >= 4 is 0 Å². The number of hydrogen-bond donors (Lipinski definition) is 1. The Bertz CT molecular complexity index is 841. The first-order valence-electron chi connectivity index (χ1n) is 11.1. The number of likely N-dealkylation sites (tertiary alicyclic amines) is 1. The molecule has 0 aromatic heterocycles. The smallest absolute Gasteiger partial charge is 0.297 e. The first kappa shape index (κ1) is 21.2. The lowest BCUT2D eigenvalue weighted by Crippen LogP contribution is -3.29. The number of nitrogens with one attached hydrogen (secondary N) is 1. The summed E-state index contributed by atoms with van der Waals surface area (Å²) in [5.41, 5.74) is -2.02. The molecule has 0 bridgehead atoms. The Labute approximate surface area is 176 Å². The summed E-state index contributed by atoms with van der Waals surface area (Å²) in [6.45, 7) is 2.26. The molecule has 0 radical (unpaired) electrons. The second-order valence-corrected chi connectivity index (χ2v) is 9.54. The number of nitriles is 2. The van der Waals surface area contributed by atoms with Crippen molar-refractivity contribution in [1.82, 2.24) is 0 Å². The SMILES string of the molecule is CC1[C@H]2CCCC[C@]2(C#N)[NH+](Cc2ccccc2C(F)(F)F)[C@@]2(C#N)CCCC[C@@H]12. The fourth-order valence-electron chi connectivity index (χ4n) is 7.12. The van der Waals surface area contributed by atoms with E-state index < -0.39 is 22.8 Å². The third kappa shape index (κ3) is 3.04. The molecule has 1 saturated heterocycles. The molecule has 0 spiro atoms. The summed E-state index contributed by atoms with van der Waals surface area (Å²) in [4.78, 5) is 0.796. The monoisotopic (exact) mass is 416 g/mol. The molecule has 1 aliphatic heterocycles. The topological polar surface area (TPSA) is 52.0 Å². The minimum absolute atomic E-state index is 0.0799. The highest BCUT2D eigenvalue weighted by molar-refractivity contribution is 5.30. The summed E-state index contributed by atoms with van der Waals surface area (Å²) >= 11 is 0. The zero-order valence-electron chi connectivity index (χ0n) is 17.4. The van der Waals surface area contributed by atoms with Crippen LogP contribution in [-0.2, 0) is 12.7 Å². The van der Waals surface area contributed by atoms with Crippen molar-refractivity contribution in [2.45, 2.75) is 82.1 Å². The second-order valence-electron chi connectivity index (χ2n) is 9.54. The standard InChI is InChI=1S/C24H28F3N3/c1-17-19-9-4-6-12-22(19,15-28)30(23(16-29)13-7-5-10-20(17)23)14-18-8-2-3-11-21(18)24(25,26)27/h2-3,8,11,17,19-20H,4-7,9-10,12-14H2,1H3/p+1/t17?,19-,20+,22-,23-/m1/s1. The fourth-order valence-corrected chi connectivity index (χ4v) is 7.12. The van der Waals surface area contributed by atoms with Crippen LogP contribution in [0.15, 0.2) is 24.3 Å². The van der Waals surface area contributed by atoms with Crippen molar-refractivity contribution in [3.63, 3.8) is 0 Å². The highest BCUT2D eigenvalue weighted by Crippen LogP contribution is 2.50. The molecule has 1 aromatic carbocycles. The second kappa shape index (κ2) is 7.57. The van der Waals surface area contributed by atoms with E-state index in [-0.39, 0.29) is 29.9 Å². The normalized spacial score (nSPS) is 38.6. The van der Waals surface area contributed by atoms with E-state index in [0.29, 0.717) is 12.8 Å². The van der Waals surface area contributed by atoms with Gasteiger partial charge in [-0.25, -0.2) is 0 Å². The number of quaternary nitrogens is 1. The van der Waals surface area contributed by atoms with Crippen LogP contribution in [0.25, 0.3) is 0 Å². The predicted molar refractivity (Wildman–Crippen MR) is 106 cm³/mol. The number of rotatable bonds is 2. The molecule has 2 aliphatic carbocycles. The Morgan fingerprint density at radius 3 is 2.00 bits per heavy atom. The molecule has 3 aliphatic rings. The summed E-state index contributed by atoms with van der Waals surface area (Å²) in [5.74, 6) is 0.509. The molecule has 6 heteroatoms. The summed E-state index contributed by atoms with van der Waals surface area (Å²) in [6, 6.07) is 10.9. The van der Waals surface area contributed by atoms with Crippen LogP contribution in [0.4, 0.5) is 13.2 Å². The van der Waals surface area contributed by atoms with Crippen LogP contribution in [0.2, 0.25) is 0 Å². The van der Waals surface area contributed by atoms with Crippen LogP contribution in [-0.4, -0.2) is 11.1 Å². The van der Waals surface area contributed by atoms with Gasteiger partial charge in [0.15, 0.2) is 11.1 Å². The average molecular weight is 417 g/mol. The van der Waals surface area contributed by atoms with Gasteiger partial charge in [-0.2, -0.15) is 23.7 Å². The molecule has 1 N–H and O–H groups in total. The first-order valence-corrected chi connectivity index (χ1v) is 11.1. The van der Waals surface area contributed by atoms with E-state index in [1.807, 2.05) is 0 Å². The van der Waals surface area contributed by atoms with Crippen molar-refractivity contribution < 1.29 is 18.1 Å².